The average Bonchev–Trinajstić information content (AvgIpc) is 3.38. The van der Waals surface area contributed by atoms with E-state index >= 15 is 0 Å². The molecule has 0 radical (unpaired) electrons. The highest BCUT2D eigenvalue weighted by atomic mass is 35.5. The number of amides is 1. The van der Waals surface area contributed by atoms with E-state index in [1.807, 2.05) is 11.4 Å². The summed E-state index contributed by atoms with van der Waals surface area (Å²) in [5.41, 5.74) is 2.03. The number of anilines is 2. The van der Waals surface area contributed by atoms with Gasteiger partial charge in [0.15, 0.2) is 11.7 Å². The zero-order chi connectivity index (χ0) is 25.7. The number of hydrogen-bond donors (Lipinski definition) is 2. The van der Waals surface area contributed by atoms with Gasteiger partial charge in [0.2, 0.25) is 10.0 Å². The van der Waals surface area contributed by atoms with Crippen molar-refractivity contribution in [1.29, 1.82) is 0 Å². The number of sulfonamides is 1. The first-order chi connectivity index (χ1) is 17.3. The van der Waals surface area contributed by atoms with Crippen LogP contribution in [0, 0.1) is 0 Å². The first kappa shape index (κ1) is 26.2. The van der Waals surface area contributed by atoms with Crippen molar-refractivity contribution >= 4 is 49.7 Å². The Balaban J connectivity index is 1.42. The fraction of sp³-hybridized carbons (Fsp3) is 0.304. The number of aromatic nitrogens is 1. The molecule has 4 rings (SSSR count). The number of ether oxygens (including phenoxy) is 3. The van der Waals surface area contributed by atoms with E-state index in [0.717, 1.165) is 16.4 Å². The number of hydrogen-bond acceptors (Lipinski definition) is 9. The Bertz CT molecular complexity index is 1340. The number of halogens is 1. The number of benzene rings is 2. The third-order valence-corrected chi connectivity index (χ3v) is 8.41. The minimum Gasteiger partial charge on any atom is -0.495 e. The maximum Gasteiger partial charge on any atom is 0.262 e. The molecule has 1 fully saturated rings. The summed E-state index contributed by atoms with van der Waals surface area (Å²) in [6.45, 7) is 0.906. The second-order valence-corrected chi connectivity index (χ2v) is 10.9. The van der Waals surface area contributed by atoms with E-state index in [-0.39, 0.29) is 35.4 Å². The summed E-state index contributed by atoms with van der Waals surface area (Å²) in [6.07, 6.45) is 0. The summed E-state index contributed by atoms with van der Waals surface area (Å²) in [5.74, 6) is 0.225. The van der Waals surface area contributed by atoms with Crippen LogP contribution in [0.15, 0.2) is 46.7 Å². The molecular formula is C23H25ClN4O6S2. The zero-order valence-corrected chi connectivity index (χ0v) is 22.0. The summed E-state index contributed by atoms with van der Waals surface area (Å²) in [7, 11) is -0.390. The quantitative estimate of drug-likeness (QED) is 0.414. The zero-order valence-electron chi connectivity index (χ0n) is 19.6. The molecule has 2 heterocycles. The number of morpholine rings is 1. The molecule has 1 aromatic heterocycles. The molecule has 1 aliphatic heterocycles. The third kappa shape index (κ3) is 5.90. The van der Waals surface area contributed by atoms with Crippen LogP contribution < -0.4 is 20.1 Å². The van der Waals surface area contributed by atoms with Crippen molar-refractivity contribution in [2.75, 3.05) is 57.7 Å². The highest BCUT2D eigenvalue weighted by molar-refractivity contribution is 7.89. The van der Waals surface area contributed by atoms with Crippen molar-refractivity contribution in [3.05, 3.63) is 46.8 Å². The van der Waals surface area contributed by atoms with Crippen molar-refractivity contribution in [2.24, 2.45) is 0 Å². The lowest BCUT2D eigenvalue weighted by atomic mass is 10.1. The average molecular weight is 553 g/mol. The van der Waals surface area contributed by atoms with Gasteiger partial charge in [0.05, 0.1) is 41.6 Å². The van der Waals surface area contributed by atoms with Crippen molar-refractivity contribution < 1.29 is 27.4 Å². The van der Waals surface area contributed by atoms with Gasteiger partial charge in [-0.05, 0) is 36.4 Å². The summed E-state index contributed by atoms with van der Waals surface area (Å²) in [5, 5.41) is 8.54. The Morgan fingerprint density at radius 3 is 2.61 bits per heavy atom. The van der Waals surface area contributed by atoms with E-state index in [4.69, 9.17) is 25.8 Å². The number of nitrogens with zero attached hydrogens (tertiary/aromatic N) is 2. The van der Waals surface area contributed by atoms with Gasteiger partial charge in [-0.1, -0.05) is 11.6 Å². The number of carbonyl (C=O) groups is 1. The predicted molar refractivity (Wildman–Crippen MR) is 139 cm³/mol. The molecule has 13 heteroatoms. The minimum atomic E-state index is -3.70. The van der Waals surface area contributed by atoms with Gasteiger partial charge in [-0.25, -0.2) is 13.4 Å². The van der Waals surface area contributed by atoms with Crippen molar-refractivity contribution in [1.82, 2.24) is 9.29 Å². The minimum absolute atomic E-state index is 0.0521. The normalized spacial score (nSPS) is 14.3. The first-order valence-electron chi connectivity index (χ1n) is 10.9. The van der Waals surface area contributed by atoms with Crippen molar-refractivity contribution in [2.45, 2.75) is 4.90 Å². The van der Waals surface area contributed by atoms with Crippen LogP contribution in [0.4, 0.5) is 10.8 Å². The maximum atomic E-state index is 12.8. The van der Waals surface area contributed by atoms with Crippen LogP contribution in [0.25, 0.3) is 11.3 Å². The number of carbonyl (C=O) groups excluding carboxylic acids is 1. The Morgan fingerprint density at radius 1 is 1.19 bits per heavy atom. The molecular weight excluding hydrogens is 528 g/mol. The van der Waals surface area contributed by atoms with Gasteiger partial charge < -0.3 is 24.8 Å². The van der Waals surface area contributed by atoms with E-state index < -0.39 is 15.9 Å². The van der Waals surface area contributed by atoms with Crippen LogP contribution in [0.1, 0.15) is 0 Å². The Hall–Kier alpha value is -2.90. The Kier molecular flexibility index (Phi) is 8.32. The van der Waals surface area contributed by atoms with Crippen LogP contribution in [0.5, 0.6) is 11.5 Å². The standard InChI is InChI=1S/C23H25ClN4O6S2/c1-25-23-27-19(14-35-23)15-3-5-21(32-2)18(11-15)26-22(29)13-34-20-6-4-16(12-17(20)24)36(30,31)28-7-9-33-10-8-28/h3-6,11-12,14H,7-10,13H2,1-2H3,(H,25,27)(H,26,29). The van der Waals surface area contributed by atoms with Crippen molar-refractivity contribution in [3.63, 3.8) is 0 Å². The molecule has 0 aliphatic carbocycles. The second-order valence-electron chi connectivity index (χ2n) is 7.65. The molecule has 2 N–H and O–H groups in total. The molecule has 36 heavy (non-hydrogen) atoms. The van der Waals surface area contributed by atoms with Crippen LogP contribution in [0.3, 0.4) is 0 Å². The third-order valence-electron chi connectivity index (χ3n) is 5.36. The summed E-state index contributed by atoms with van der Waals surface area (Å²) < 4.78 is 43.1. The summed E-state index contributed by atoms with van der Waals surface area (Å²) in [4.78, 5) is 17.2. The largest absolute Gasteiger partial charge is 0.495 e. The summed E-state index contributed by atoms with van der Waals surface area (Å²) in [6, 6.07) is 9.53. The van der Waals surface area contributed by atoms with Crippen molar-refractivity contribution in [3.8, 4) is 22.8 Å². The molecule has 10 nitrogen and oxygen atoms in total. The van der Waals surface area contributed by atoms with Crippen LogP contribution in [-0.4, -0.2) is 70.7 Å². The molecule has 0 spiro atoms. The monoisotopic (exact) mass is 552 g/mol. The van der Waals surface area contributed by atoms with Gasteiger partial charge in [-0.2, -0.15) is 4.31 Å². The van der Waals surface area contributed by atoms with Gasteiger partial charge in [-0.3, -0.25) is 4.79 Å². The lowest BCUT2D eigenvalue weighted by Gasteiger charge is -2.26. The van der Waals surface area contributed by atoms with E-state index in [0.29, 0.717) is 24.7 Å². The number of methoxy groups -OCH3 is 1. The van der Waals surface area contributed by atoms with Gasteiger partial charge in [0.25, 0.3) is 5.91 Å². The van der Waals surface area contributed by atoms with Crippen LogP contribution >= 0.6 is 22.9 Å². The van der Waals surface area contributed by atoms with E-state index in [1.165, 1.54) is 41.0 Å². The highest BCUT2D eigenvalue weighted by Gasteiger charge is 2.27. The Labute approximate surface area is 218 Å². The second kappa shape index (κ2) is 11.4. The smallest absolute Gasteiger partial charge is 0.262 e. The van der Waals surface area contributed by atoms with Crippen LogP contribution in [0.2, 0.25) is 5.02 Å². The first-order valence-corrected chi connectivity index (χ1v) is 13.6. The molecule has 0 saturated carbocycles. The lowest BCUT2D eigenvalue weighted by Crippen LogP contribution is -2.40. The highest BCUT2D eigenvalue weighted by Crippen LogP contribution is 2.33. The molecule has 0 bridgehead atoms. The molecule has 1 saturated heterocycles. The van der Waals surface area contributed by atoms with E-state index in [2.05, 4.69) is 15.6 Å². The Morgan fingerprint density at radius 2 is 1.94 bits per heavy atom. The van der Waals surface area contributed by atoms with Crippen LogP contribution in [-0.2, 0) is 19.6 Å². The molecule has 0 atom stereocenters. The number of rotatable bonds is 9. The SMILES string of the molecule is CNc1nc(-c2ccc(OC)c(NC(=O)COc3ccc(S(=O)(=O)N4CCOCC4)cc3Cl)c2)cs1. The predicted octanol–water partition coefficient (Wildman–Crippen LogP) is 3.55. The fourth-order valence-electron chi connectivity index (χ4n) is 3.51. The van der Waals surface area contributed by atoms with Gasteiger partial charge in [0.1, 0.15) is 11.5 Å². The van der Waals surface area contributed by atoms with Gasteiger partial charge >= 0.3 is 0 Å². The molecule has 1 amide bonds. The molecule has 3 aromatic rings. The van der Waals surface area contributed by atoms with E-state index in [9.17, 15) is 13.2 Å². The summed E-state index contributed by atoms with van der Waals surface area (Å²) >= 11 is 7.75. The topological polar surface area (TPSA) is 119 Å². The van der Waals surface area contributed by atoms with Gasteiger partial charge in [0, 0.05) is 31.1 Å². The molecule has 1 aliphatic rings. The van der Waals surface area contributed by atoms with E-state index in [1.54, 1.807) is 19.2 Å². The number of nitrogens with one attached hydrogen (secondary N) is 2. The molecule has 2 aromatic carbocycles. The fourth-order valence-corrected chi connectivity index (χ4v) is 5.93. The molecule has 192 valence electrons. The molecule has 0 unspecified atom stereocenters. The lowest BCUT2D eigenvalue weighted by molar-refractivity contribution is -0.118. The maximum absolute atomic E-state index is 12.8. The van der Waals surface area contributed by atoms with Gasteiger partial charge in [-0.15, -0.1) is 11.3 Å². The number of thiazole rings is 1.